The highest BCUT2D eigenvalue weighted by Crippen LogP contribution is 2.21. The Morgan fingerprint density at radius 3 is 2.82 bits per heavy atom. The minimum Gasteiger partial charge on any atom is -0.369 e. The predicted molar refractivity (Wildman–Crippen MR) is 84.6 cm³/mol. The Labute approximate surface area is 128 Å². The van der Waals surface area contributed by atoms with Crippen molar-refractivity contribution in [3.63, 3.8) is 0 Å². The van der Waals surface area contributed by atoms with Gasteiger partial charge in [0, 0.05) is 13.0 Å². The highest BCUT2D eigenvalue weighted by Gasteiger charge is 2.10. The lowest BCUT2D eigenvalue weighted by Gasteiger charge is -2.06. The third-order valence-electron chi connectivity index (χ3n) is 3.37. The standard InChI is InChI=1S/C16H16N6/c17-9-5-2-6-10-18-15-14-11-21-22(16(14)20-12-19-15)13-7-3-1-4-8-13/h1,3-4,7-8,11-12H,2,5-6,10H2,(H,18,19,20). The SMILES string of the molecule is N#CCCCCNc1ncnc2c1cnn2-c1ccccc1. The molecule has 0 atom stereocenters. The van der Waals surface area contributed by atoms with E-state index in [4.69, 9.17) is 5.26 Å². The van der Waals surface area contributed by atoms with E-state index in [2.05, 4.69) is 26.5 Å². The number of rotatable bonds is 6. The van der Waals surface area contributed by atoms with Crippen molar-refractivity contribution in [3.05, 3.63) is 42.9 Å². The van der Waals surface area contributed by atoms with E-state index in [0.717, 1.165) is 41.9 Å². The maximum Gasteiger partial charge on any atom is 0.168 e. The molecule has 0 fully saturated rings. The molecular formula is C16H16N6. The van der Waals surface area contributed by atoms with Gasteiger partial charge < -0.3 is 5.32 Å². The molecule has 0 amide bonds. The average Bonchev–Trinajstić information content (AvgIpc) is 3.00. The maximum absolute atomic E-state index is 8.53. The van der Waals surface area contributed by atoms with Crippen LogP contribution in [0.2, 0.25) is 0 Å². The van der Waals surface area contributed by atoms with Gasteiger partial charge in [0.25, 0.3) is 0 Å². The molecule has 0 spiro atoms. The summed E-state index contributed by atoms with van der Waals surface area (Å²) >= 11 is 0. The van der Waals surface area contributed by atoms with E-state index in [1.807, 2.05) is 30.3 Å². The van der Waals surface area contributed by atoms with Gasteiger partial charge in [-0.1, -0.05) is 18.2 Å². The van der Waals surface area contributed by atoms with Crippen molar-refractivity contribution < 1.29 is 0 Å². The number of para-hydroxylation sites is 1. The number of nitrogens with zero attached hydrogens (tertiary/aromatic N) is 5. The quantitative estimate of drug-likeness (QED) is 0.707. The molecule has 3 aromatic rings. The molecule has 0 aliphatic carbocycles. The summed E-state index contributed by atoms with van der Waals surface area (Å²) in [6.07, 6.45) is 5.74. The molecule has 2 heterocycles. The normalized spacial score (nSPS) is 10.5. The molecule has 0 aliphatic rings. The van der Waals surface area contributed by atoms with Crippen LogP contribution in [-0.2, 0) is 0 Å². The van der Waals surface area contributed by atoms with Gasteiger partial charge in [-0.05, 0) is 25.0 Å². The van der Waals surface area contributed by atoms with E-state index in [1.165, 1.54) is 0 Å². The molecular weight excluding hydrogens is 276 g/mol. The number of anilines is 1. The molecule has 0 bridgehead atoms. The van der Waals surface area contributed by atoms with Gasteiger partial charge in [-0.2, -0.15) is 10.4 Å². The van der Waals surface area contributed by atoms with Gasteiger partial charge in [-0.25, -0.2) is 14.6 Å². The van der Waals surface area contributed by atoms with Gasteiger partial charge in [0.2, 0.25) is 0 Å². The van der Waals surface area contributed by atoms with Crippen LogP contribution in [0.3, 0.4) is 0 Å². The molecule has 22 heavy (non-hydrogen) atoms. The lowest BCUT2D eigenvalue weighted by molar-refractivity contribution is 0.783. The zero-order chi connectivity index (χ0) is 15.2. The Kier molecular flexibility index (Phi) is 4.25. The second-order valence-electron chi connectivity index (χ2n) is 4.89. The fourth-order valence-electron chi connectivity index (χ4n) is 2.28. The predicted octanol–water partition coefficient (Wildman–Crippen LogP) is 2.92. The smallest absolute Gasteiger partial charge is 0.168 e. The van der Waals surface area contributed by atoms with Crippen molar-refractivity contribution in [2.45, 2.75) is 19.3 Å². The lowest BCUT2D eigenvalue weighted by atomic mass is 10.2. The van der Waals surface area contributed by atoms with Crippen LogP contribution in [0, 0.1) is 11.3 Å². The minimum atomic E-state index is 0.590. The molecule has 0 aliphatic heterocycles. The molecule has 3 rings (SSSR count). The molecule has 6 nitrogen and oxygen atoms in total. The lowest BCUT2D eigenvalue weighted by Crippen LogP contribution is -2.04. The number of nitrogens with one attached hydrogen (secondary N) is 1. The summed E-state index contributed by atoms with van der Waals surface area (Å²) in [5, 5.41) is 17.1. The summed E-state index contributed by atoms with van der Waals surface area (Å²) in [6.45, 7) is 0.782. The molecule has 0 radical (unpaired) electrons. The fraction of sp³-hybridized carbons (Fsp3) is 0.250. The van der Waals surface area contributed by atoms with E-state index in [-0.39, 0.29) is 0 Å². The Hall–Kier alpha value is -2.94. The highest BCUT2D eigenvalue weighted by atomic mass is 15.3. The van der Waals surface area contributed by atoms with Crippen LogP contribution in [-0.4, -0.2) is 26.3 Å². The van der Waals surface area contributed by atoms with Crippen molar-refractivity contribution in [1.82, 2.24) is 19.7 Å². The monoisotopic (exact) mass is 292 g/mol. The van der Waals surface area contributed by atoms with E-state index in [9.17, 15) is 0 Å². The fourth-order valence-corrected chi connectivity index (χ4v) is 2.28. The average molecular weight is 292 g/mol. The van der Waals surface area contributed by atoms with Gasteiger partial charge in [-0.15, -0.1) is 0 Å². The minimum absolute atomic E-state index is 0.590. The van der Waals surface area contributed by atoms with Crippen LogP contribution in [0.15, 0.2) is 42.9 Å². The molecule has 6 heteroatoms. The maximum atomic E-state index is 8.53. The molecule has 0 saturated carbocycles. The van der Waals surface area contributed by atoms with Crippen molar-refractivity contribution in [2.75, 3.05) is 11.9 Å². The molecule has 0 saturated heterocycles. The van der Waals surface area contributed by atoms with Gasteiger partial charge in [0.05, 0.1) is 23.3 Å². The summed E-state index contributed by atoms with van der Waals surface area (Å²) < 4.78 is 1.80. The van der Waals surface area contributed by atoms with E-state index in [0.29, 0.717) is 6.42 Å². The van der Waals surface area contributed by atoms with Crippen molar-refractivity contribution in [2.24, 2.45) is 0 Å². The number of nitriles is 1. The van der Waals surface area contributed by atoms with Crippen LogP contribution in [0.5, 0.6) is 0 Å². The Morgan fingerprint density at radius 1 is 1.14 bits per heavy atom. The van der Waals surface area contributed by atoms with Gasteiger partial charge in [0.1, 0.15) is 12.1 Å². The Morgan fingerprint density at radius 2 is 2.00 bits per heavy atom. The molecule has 110 valence electrons. The van der Waals surface area contributed by atoms with Crippen molar-refractivity contribution >= 4 is 16.9 Å². The first-order valence-electron chi connectivity index (χ1n) is 7.25. The molecule has 0 unspecified atom stereocenters. The van der Waals surface area contributed by atoms with Crippen LogP contribution < -0.4 is 5.32 Å². The number of fused-ring (bicyclic) bond motifs is 1. The summed E-state index contributed by atoms with van der Waals surface area (Å²) in [7, 11) is 0. The van der Waals surface area contributed by atoms with Crippen molar-refractivity contribution in [1.29, 1.82) is 5.26 Å². The first kappa shape index (κ1) is 14.0. The number of unbranched alkanes of at least 4 members (excludes halogenated alkanes) is 2. The summed E-state index contributed by atoms with van der Waals surface area (Å²) in [4.78, 5) is 8.63. The van der Waals surface area contributed by atoms with Gasteiger partial charge in [0.15, 0.2) is 5.65 Å². The van der Waals surface area contributed by atoms with Crippen LogP contribution in [0.25, 0.3) is 16.7 Å². The van der Waals surface area contributed by atoms with Crippen LogP contribution >= 0.6 is 0 Å². The van der Waals surface area contributed by atoms with Gasteiger partial charge >= 0.3 is 0 Å². The second-order valence-corrected chi connectivity index (χ2v) is 4.89. The van der Waals surface area contributed by atoms with Crippen molar-refractivity contribution in [3.8, 4) is 11.8 Å². The summed E-state index contributed by atoms with van der Waals surface area (Å²) in [6, 6.07) is 12.0. The molecule has 2 aromatic heterocycles. The number of aromatic nitrogens is 4. The third-order valence-corrected chi connectivity index (χ3v) is 3.37. The Balaban J connectivity index is 1.82. The largest absolute Gasteiger partial charge is 0.369 e. The van der Waals surface area contributed by atoms with E-state index >= 15 is 0 Å². The molecule has 1 N–H and O–H groups in total. The second kappa shape index (κ2) is 6.68. The third kappa shape index (κ3) is 2.88. The zero-order valence-electron chi connectivity index (χ0n) is 12.1. The van der Waals surface area contributed by atoms with Crippen LogP contribution in [0.4, 0.5) is 5.82 Å². The van der Waals surface area contributed by atoms with Crippen LogP contribution in [0.1, 0.15) is 19.3 Å². The number of hydrogen-bond donors (Lipinski definition) is 1. The molecule has 1 aromatic carbocycles. The number of benzene rings is 1. The number of hydrogen-bond acceptors (Lipinski definition) is 5. The van der Waals surface area contributed by atoms with E-state index in [1.54, 1.807) is 17.2 Å². The first-order valence-corrected chi connectivity index (χ1v) is 7.25. The zero-order valence-corrected chi connectivity index (χ0v) is 12.1. The summed E-state index contributed by atoms with van der Waals surface area (Å²) in [5.41, 5.74) is 1.75. The first-order chi connectivity index (χ1) is 10.9. The summed E-state index contributed by atoms with van der Waals surface area (Å²) in [5.74, 6) is 0.782. The van der Waals surface area contributed by atoms with Gasteiger partial charge in [-0.3, -0.25) is 0 Å². The Bertz CT molecular complexity index is 787. The highest BCUT2D eigenvalue weighted by molar-refractivity contribution is 5.87. The topological polar surface area (TPSA) is 79.4 Å². The van der Waals surface area contributed by atoms with E-state index < -0.39 is 0 Å².